The number of nitrogens with zero attached hydrogens (tertiary/aromatic N) is 1. The largest absolute Gasteiger partial charge is 0.270 e. The Morgan fingerprint density at radius 2 is 1.71 bits per heavy atom. The molecule has 122 valence electrons. The van der Waals surface area contributed by atoms with Crippen LogP contribution in [0.5, 0.6) is 0 Å². The van der Waals surface area contributed by atoms with E-state index in [9.17, 15) is 4.79 Å². The number of benzene rings is 2. The minimum Gasteiger partial charge on any atom is -0.268 e. The lowest BCUT2D eigenvalue weighted by atomic mass is 10.0. The Balaban J connectivity index is 1.86. The van der Waals surface area contributed by atoms with E-state index in [1.54, 1.807) is 29.2 Å². The minimum atomic E-state index is -0.0970. The average molecular weight is 374 g/mol. The number of anilines is 1. The Labute approximate surface area is 156 Å². The summed E-state index contributed by atoms with van der Waals surface area (Å²) in [4.78, 5) is 14.9. The van der Waals surface area contributed by atoms with E-state index in [1.807, 2.05) is 18.2 Å². The second-order valence-electron chi connectivity index (χ2n) is 5.81. The molecule has 0 unspecified atom stereocenters. The first-order valence-electron chi connectivity index (χ1n) is 7.59. The van der Waals surface area contributed by atoms with Crippen molar-refractivity contribution in [1.82, 2.24) is 0 Å². The number of halogens is 1. The van der Waals surface area contributed by atoms with Crippen LogP contribution in [0.4, 0.5) is 5.69 Å². The Kier molecular flexibility index (Phi) is 5.09. The third-order valence-electron chi connectivity index (χ3n) is 3.78. The van der Waals surface area contributed by atoms with E-state index < -0.39 is 0 Å². The normalized spacial score (nSPS) is 16.5. The lowest BCUT2D eigenvalue weighted by molar-refractivity contribution is -0.113. The van der Waals surface area contributed by atoms with E-state index in [0.717, 1.165) is 11.3 Å². The van der Waals surface area contributed by atoms with Crippen LogP contribution in [0, 0.1) is 0 Å². The number of rotatable bonds is 3. The Morgan fingerprint density at radius 1 is 1.08 bits per heavy atom. The van der Waals surface area contributed by atoms with Gasteiger partial charge in [0.1, 0.15) is 0 Å². The third-order valence-corrected chi connectivity index (χ3v) is 5.33. The number of carbonyl (C=O) groups is 1. The lowest BCUT2D eigenvalue weighted by Gasteiger charge is -2.14. The van der Waals surface area contributed by atoms with Crippen molar-refractivity contribution in [3.63, 3.8) is 0 Å². The standard InChI is InChI=1S/C19H16ClNOS2/c1-12(2)14-5-3-13(4-6-14)11-17-18(22)21(19(23)24-17)16-9-7-15(20)8-10-16/h3-12H,1-2H3/b17-11+. The van der Waals surface area contributed by atoms with Gasteiger partial charge in [0.2, 0.25) is 0 Å². The van der Waals surface area contributed by atoms with Crippen molar-refractivity contribution in [3.8, 4) is 0 Å². The lowest BCUT2D eigenvalue weighted by Crippen LogP contribution is -2.27. The molecule has 1 heterocycles. The fraction of sp³-hybridized carbons (Fsp3) is 0.158. The van der Waals surface area contributed by atoms with Crippen LogP contribution in [0.3, 0.4) is 0 Å². The maximum absolute atomic E-state index is 12.7. The molecule has 2 aromatic carbocycles. The van der Waals surface area contributed by atoms with Crippen LogP contribution < -0.4 is 4.90 Å². The van der Waals surface area contributed by atoms with E-state index in [2.05, 4.69) is 26.0 Å². The van der Waals surface area contributed by atoms with Crippen molar-refractivity contribution in [3.05, 3.63) is 69.6 Å². The molecule has 1 fully saturated rings. The summed E-state index contributed by atoms with van der Waals surface area (Å²) < 4.78 is 0.535. The summed E-state index contributed by atoms with van der Waals surface area (Å²) >= 11 is 12.6. The molecule has 3 rings (SSSR count). The van der Waals surface area contributed by atoms with E-state index in [4.69, 9.17) is 23.8 Å². The average Bonchev–Trinajstić information content (AvgIpc) is 2.83. The number of amides is 1. The summed E-state index contributed by atoms with van der Waals surface area (Å²) in [5.74, 6) is 0.391. The molecule has 0 spiro atoms. The highest BCUT2D eigenvalue weighted by Gasteiger charge is 2.33. The number of thioether (sulfide) groups is 1. The molecule has 2 aromatic rings. The van der Waals surface area contributed by atoms with E-state index in [-0.39, 0.29) is 5.91 Å². The van der Waals surface area contributed by atoms with Crippen LogP contribution in [0.25, 0.3) is 6.08 Å². The number of carbonyl (C=O) groups excluding carboxylic acids is 1. The van der Waals surface area contributed by atoms with E-state index in [0.29, 0.717) is 20.2 Å². The zero-order valence-corrected chi connectivity index (χ0v) is 15.7. The predicted octanol–water partition coefficient (Wildman–Crippen LogP) is 5.87. The van der Waals surface area contributed by atoms with Gasteiger partial charge in [-0.3, -0.25) is 9.69 Å². The van der Waals surface area contributed by atoms with Crippen LogP contribution >= 0.6 is 35.6 Å². The molecule has 2 nitrogen and oxygen atoms in total. The van der Waals surface area contributed by atoms with E-state index >= 15 is 0 Å². The van der Waals surface area contributed by atoms with Gasteiger partial charge in [-0.05, 0) is 47.4 Å². The fourth-order valence-electron chi connectivity index (χ4n) is 2.41. The predicted molar refractivity (Wildman–Crippen MR) is 108 cm³/mol. The van der Waals surface area contributed by atoms with Crippen LogP contribution in [0.2, 0.25) is 5.02 Å². The van der Waals surface area contributed by atoms with Gasteiger partial charge in [-0.1, -0.05) is 73.7 Å². The molecule has 0 atom stereocenters. The molecule has 24 heavy (non-hydrogen) atoms. The molecule has 1 saturated heterocycles. The Bertz CT molecular complexity index is 810. The van der Waals surface area contributed by atoms with Crippen molar-refractivity contribution in [2.75, 3.05) is 4.90 Å². The third kappa shape index (κ3) is 3.56. The maximum atomic E-state index is 12.7. The van der Waals surface area contributed by atoms with Crippen LogP contribution in [-0.4, -0.2) is 10.2 Å². The van der Waals surface area contributed by atoms with Gasteiger partial charge in [-0.15, -0.1) is 0 Å². The molecule has 0 aliphatic carbocycles. The molecule has 0 aromatic heterocycles. The Morgan fingerprint density at radius 3 is 2.29 bits per heavy atom. The topological polar surface area (TPSA) is 20.3 Å². The molecular formula is C19H16ClNOS2. The molecule has 0 bridgehead atoms. The Hall–Kier alpha value is -1.62. The molecule has 0 N–H and O–H groups in total. The summed E-state index contributed by atoms with van der Waals surface area (Å²) in [5, 5.41) is 0.630. The number of hydrogen-bond donors (Lipinski definition) is 0. The van der Waals surface area contributed by atoms with Crippen LogP contribution in [0.15, 0.2) is 53.4 Å². The first-order chi connectivity index (χ1) is 11.5. The highest BCUT2D eigenvalue weighted by molar-refractivity contribution is 8.27. The van der Waals surface area contributed by atoms with Gasteiger partial charge in [0.15, 0.2) is 4.32 Å². The second-order valence-corrected chi connectivity index (χ2v) is 7.93. The SMILES string of the molecule is CC(C)c1ccc(/C=C2/SC(=S)N(c3ccc(Cl)cc3)C2=O)cc1. The van der Waals surface area contributed by atoms with Crippen molar-refractivity contribution in [2.24, 2.45) is 0 Å². The summed E-state index contributed by atoms with van der Waals surface area (Å²) in [5.41, 5.74) is 3.01. The zero-order valence-electron chi connectivity index (χ0n) is 13.3. The quantitative estimate of drug-likeness (QED) is 0.495. The van der Waals surface area contributed by atoms with Crippen LogP contribution in [0.1, 0.15) is 30.9 Å². The molecular weight excluding hydrogens is 358 g/mol. The van der Waals surface area contributed by atoms with Gasteiger partial charge < -0.3 is 0 Å². The molecule has 0 saturated carbocycles. The van der Waals surface area contributed by atoms with Crippen LogP contribution in [-0.2, 0) is 4.79 Å². The summed E-state index contributed by atoms with van der Waals surface area (Å²) in [6.45, 7) is 4.32. The minimum absolute atomic E-state index is 0.0970. The first-order valence-corrected chi connectivity index (χ1v) is 9.19. The number of hydrogen-bond acceptors (Lipinski definition) is 3. The molecule has 5 heteroatoms. The molecule has 1 aliphatic rings. The highest BCUT2D eigenvalue weighted by Crippen LogP contribution is 2.36. The fourth-order valence-corrected chi connectivity index (χ4v) is 3.83. The van der Waals surface area contributed by atoms with Crippen molar-refractivity contribution in [1.29, 1.82) is 0 Å². The molecule has 0 radical (unpaired) electrons. The smallest absolute Gasteiger partial charge is 0.268 e. The van der Waals surface area contributed by atoms with Gasteiger partial charge in [0.05, 0.1) is 10.6 Å². The van der Waals surface area contributed by atoms with E-state index in [1.165, 1.54) is 17.3 Å². The van der Waals surface area contributed by atoms with Gasteiger partial charge in [-0.2, -0.15) is 0 Å². The van der Waals surface area contributed by atoms with Gasteiger partial charge in [0.25, 0.3) is 5.91 Å². The monoisotopic (exact) mass is 373 g/mol. The van der Waals surface area contributed by atoms with Gasteiger partial charge in [-0.25, -0.2) is 0 Å². The van der Waals surface area contributed by atoms with Crippen molar-refractivity contribution >= 4 is 57.6 Å². The zero-order chi connectivity index (χ0) is 17.3. The summed E-state index contributed by atoms with van der Waals surface area (Å²) in [7, 11) is 0. The van der Waals surface area contributed by atoms with Crippen molar-refractivity contribution in [2.45, 2.75) is 19.8 Å². The summed E-state index contributed by atoms with van der Waals surface area (Å²) in [6, 6.07) is 15.4. The maximum Gasteiger partial charge on any atom is 0.270 e. The molecule has 1 amide bonds. The first kappa shape index (κ1) is 17.2. The second kappa shape index (κ2) is 7.09. The highest BCUT2D eigenvalue weighted by atomic mass is 35.5. The molecule has 1 aliphatic heterocycles. The number of thiocarbonyl (C=S) groups is 1. The van der Waals surface area contributed by atoms with Gasteiger partial charge >= 0.3 is 0 Å². The summed E-state index contributed by atoms with van der Waals surface area (Å²) in [6.07, 6.45) is 1.89. The van der Waals surface area contributed by atoms with Gasteiger partial charge in [0, 0.05) is 5.02 Å². The van der Waals surface area contributed by atoms with Crippen molar-refractivity contribution < 1.29 is 4.79 Å².